The van der Waals surface area contributed by atoms with Crippen LogP contribution in [0.1, 0.15) is 5.56 Å². The summed E-state index contributed by atoms with van der Waals surface area (Å²) in [5.74, 6) is 1.02. The summed E-state index contributed by atoms with van der Waals surface area (Å²) in [6, 6.07) is 12.7. The number of carbonyl (C=O) groups excluding carboxylic acids is 2. The Morgan fingerprint density at radius 2 is 1.75 bits per heavy atom. The molecule has 148 valence electrons. The van der Waals surface area contributed by atoms with Crippen LogP contribution in [0, 0.1) is 0 Å². The fourth-order valence-corrected chi connectivity index (χ4v) is 2.77. The maximum absolute atomic E-state index is 11.8. The lowest BCUT2D eigenvalue weighted by Gasteiger charge is -2.18. The lowest BCUT2D eigenvalue weighted by atomic mass is 10.1. The Kier molecular flexibility index (Phi) is 7.13. The Hall–Kier alpha value is -2.74. The van der Waals surface area contributed by atoms with E-state index in [2.05, 4.69) is 21.2 Å². The maximum Gasteiger partial charge on any atom is 0.344 e. The smallest absolute Gasteiger partial charge is 0.344 e. The van der Waals surface area contributed by atoms with Crippen LogP contribution >= 0.6 is 15.9 Å². The second-order valence-electron chi connectivity index (χ2n) is 5.98. The van der Waals surface area contributed by atoms with Crippen molar-refractivity contribution in [3.63, 3.8) is 0 Å². The number of amides is 1. The first-order chi connectivity index (χ1) is 13.6. The summed E-state index contributed by atoms with van der Waals surface area (Å²) < 4.78 is 22.1. The molecule has 1 amide bonds. The highest BCUT2D eigenvalue weighted by atomic mass is 79.9. The number of hydrogen-bond acceptors (Lipinski definition) is 6. The Bertz CT molecular complexity index is 824. The van der Waals surface area contributed by atoms with Crippen LogP contribution in [0.2, 0.25) is 0 Å². The molecule has 0 atom stereocenters. The molecule has 2 aromatic rings. The predicted molar refractivity (Wildman–Crippen MR) is 105 cm³/mol. The first-order valence-corrected chi connectivity index (χ1v) is 9.59. The maximum atomic E-state index is 11.8. The zero-order chi connectivity index (χ0) is 19.8. The van der Waals surface area contributed by atoms with E-state index in [4.69, 9.17) is 18.9 Å². The van der Waals surface area contributed by atoms with Gasteiger partial charge in [0, 0.05) is 11.0 Å². The molecule has 8 heteroatoms. The van der Waals surface area contributed by atoms with Crippen LogP contribution in [0.3, 0.4) is 0 Å². The summed E-state index contributed by atoms with van der Waals surface area (Å²) in [5, 5.41) is 2.71. The lowest BCUT2D eigenvalue weighted by molar-refractivity contribution is -0.150. The fourth-order valence-electron chi connectivity index (χ4n) is 2.50. The van der Waals surface area contributed by atoms with Gasteiger partial charge in [-0.15, -0.1) is 0 Å². The van der Waals surface area contributed by atoms with Gasteiger partial charge in [0.05, 0.1) is 0 Å². The van der Waals surface area contributed by atoms with Crippen LogP contribution in [-0.4, -0.2) is 44.8 Å². The molecule has 1 aliphatic rings. The number of ether oxygens (including phenoxy) is 4. The predicted octanol–water partition coefficient (Wildman–Crippen LogP) is 2.50. The van der Waals surface area contributed by atoms with Crippen molar-refractivity contribution >= 4 is 27.8 Å². The molecular formula is C20H20BrNO6. The van der Waals surface area contributed by atoms with Crippen molar-refractivity contribution < 1.29 is 28.5 Å². The van der Waals surface area contributed by atoms with Crippen molar-refractivity contribution in [3.8, 4) is 17.2 Å². The molecule has 3 rings (SSSR count). The summed E-state index contributed by atoms with van der Waals surface area (Å²) >= 11 is 3.31. The molecule has 2 aromatic carbocycles. The van der Waals surface area contributed by atoms with E-state index in [0.29, 0.717) is 31.9 Å². The molecule has 0 saturated heterocycles. The zero-order valence-electron chi connectivity index (χ0n) is 15.1. The van der Waals surface area contributed by atoms with Gasteiger partial charge in [0.25, 0.3) is 5.91 Å². The molecule has 7 nitrogen and oxygen atoms in total. The normalized spacial score (nSPS) is 12.2. The molecule has 1 heterocycles. The molecule has 0 fully saturated rings. The Morgan fingerprint density at radius 3 is 2.54 bits per heavy atom. The number of fused-ring (bicyclic) bond motifs is 1. The van der Waals surface area contributed by atoms with Gasteiger partial charge in [-0.05, 0) is 48.4 Å². The van der Waals surface area contributed by atoms with Gasteiger partial charge in [-0.2, -0.15) is 0 Å². The van der Waals surface area contributed by atoms with E-state index in [-0.39, 0.29) is 19.1 Å². The minimum Gasteiger partial charge on any atom is -0.486 e. The zero-order valence-corrected chi connectivity index (χ0v) is 16.7. The molecular weight excluding hydrogens is 430 g/mol. The summed E-state index contributed by atoms with van der Waals surface area (Å²) in [6.45, 7) is 0.903. The van der Waals surface area contributed by atoms with E-state index in [9.17, 15) is 9.59 Å². The third kappa shape index (κ3) is 6.16. The molecule has 0 saturated carbocycles. The van der Waals surface area contributed by atoms with Gasteiger partial charge in [-0.3, -0.25) is 4.79 Å². The highest BCUT2D eigenvalue weighted by molar-refractivity contribution is 9.10. The van der Waals surface area contributed by atoms with Crippen molar-refractivity contribution in [2.45, 2.75) is 6.42 Å². The van der Waals surface area contributed by atoms with Crippen LogP contribution in [0.15, 0.2) is 46.9 Å². The summed E-state index contributed by atoms with van der Waals surface area (Å²) in [6.07, 6.45) is 0.628. The summed E-state index contributed by atoms with van der Waals surface area (Å²) in [5.41, 5.74) is 1.02. The van der Waals surface area contributed by atoms with Gasteiger partial charge >= 0.3 is 5.97 Å². The topological polar surface area (TPSA) is 83.1 Å². The van der Waals surface area contributed by atoms with Crippen molar-refractivity contribution in [1.29, 1.82) is 0 Å². The van der Waals surface area contributed by atoms with Crippen molar-refractivity contribution in [2.75, 3.05) is 33.0 Å². The summed E-state index contributed by atoms with van der Waals surface area (Å²) in [4.78, 5) is 23.5. The van der Waals surface area contributed by atoms with Crippen LogP contribution in [0.25, 0.3) is 0 Å². The second kappa shape index (κ2) is 9.98. The van der Waals surface area contributed by atoms with Crippen LogP contribution < -0.4 is 19.5 Å². The molecule has 0 bridgehead atoms. The lowest BCUT2D eigenvalue weighted by Crippen LogP contribution is -2.31. The highest BCUT2D eigenvalue weighted by Crippen LogP contribution is 2.30. The number of esters is 1. The standard InChI is InChI=1S/C20H20BrNO6/c21-15-2-4-16(5-3-15)27-13-20(24)28-12-19(23)22-8-7-14-1-6-17-18(11-14)26-10-9-25-17/h1-6,11H,7-10,12-13H2,(H,22,23). The summed E-state index contributed by atoms with van der Waals surface area (Å²) in [7, 11) is 0. The number of hydrogen-bond donors (Lipinski definition) is 1. The molecule has 0 aliphatic carbocycles. The van der Waals surface area contributed by atoms with Crippen molar-refractivity contribution in [1.82, 2.24) is 5.32 Å². The third-order valence-corrected chi connectivity index (χ3v) is 4.41. The van der Waals surface area contributed by atoms with Gasteiger partial charge in [-0.25, -0.2) is 4.79 Å². The Balaban J connectivity index is 1.32. The minimum atomic E-state index is -0.607. The Morgan fingerprint density at radius 1 is 1.00 bits per heavy atom. The second-order valence-corrected chi connectivity index (χ2v) is 6.90. The first kappa shape index (κ1) is 20.0. The van der Waals surface area contributed by atoms with Crippen molar-refractivity contribution in [3.05, 3.63) is 52.5 Å². The van der Waals surface area contributed by atoms with Gasteiger partial charge in [0.1, 0.15) is 19.0 Å². The molecule has 28 heavy (non-hydrogen) atoms. The molecule has 1 aliphatic heterocycles. The molecule has 0 radical (unpaired) electrons. The molecule has 0 unspecified atom stereocenters. The van der Waals surface area contributed by atoms with Crippen molar-refractivity contribution in [2.24, 2.45) is 0 Å². The number of halogens is 1. The fraction of sp³-hybridized carbons (Fsp3) is 0.300. The van der Waals surface area contributed by atoms with Crippen LogP contribution in [-0.2, 0) is 20.7 Å². The van der Waals surface area contributed by atoms with E-state index in [1.165, 1.54) is 0 Å². The number of benzene rings is 2. The third-order valence-electron chi connectivity index (χ3n) is 3.88. The Labute approximate surface area is 171 Å². The van der Waals surface area contributed by atoms with Gasteiger partial charge in [-0.1, -0.05) is 22.0 Å². The monoisotopic (exact) mass is 449 g/mol. The van der Waals surface area contributed by atoms with Gasteiger partial charge < -0.3 is 24.3 Å². The highest BCUT2D eigenvalue weighted by Gasteiger charge is 2.12. The average Bonchev–Trinajstić information content (AvgIpc) is 2.72. The number of carbonyl (C=O) groups is 2. The molecule has 1 N–H and O–H groups in total. The van der Waals surface area contributed by atoms with E-state index in [1.54, 1.807) is 24.3 Å². The number of rotatable bonds is 8. The molecule has 0 aromatic heterocycles. The average molecular weight is 450 g/mol. The SMILES string of the molecule is O=C(COC(=O)COc1ccc(Br)cc1)NCCc1ccc2c(c1)OCCO2. The van der Waals surface area contributed by atoms with Crippen LogP contribution in [0.4, 0.5) is 0 Å². The quantitative estimate of drug-likeness (QED) is 0.623. The first-order valence-electron chi connectivity index (χ1n) is 8.79. The molecule has 0 spiro atoms. The van der Waals surface area contributed by atoms with E-state index < -0.39 is 5.97 Å². The van der Waals surface area contributed by atoms with E-state index >= 15 is 0 Å². The number of nitrogens with one attached hydrogen (secondary N) is 1. The van der Waals surface area contributed by atoms with Crippen LogP contribution in [0.5, 0.6) is 17.2 Å². The minimum absolute atomic E-state index is 0.258. The largest absolute Gasteiger partial charge is 0.486 e. The van der Waals surface area contributed by atoms with E-state index in [1.807, 2.05) is 18.2 Å². The van der Waals surface area contributed by atoms with E-state index in [0.717, 1.165) is 21.5 Å². The van der Waals surface area contributed by atoms with Gasteiger partial charge in [0.15, 0.2) is 24.7 Å². The van der Waals surface area contributed by atoms with Gasteiger partial charge in [0.2, 0.25) is 0 Å².